The Morgan fingerprint density at radius 3 is 0.875 bits per heavy atom. The third kappa shape index (κ3) is 212. The van der Waals surface area contributed by atoms with Gasteiger partial charge in [0.25, 0.3) is 0 Å². The van der Waals surface area contributed by atoms with E-state index in [0.29, 0.717) is 26.4 Å². The van der Waals surface area contributed by atoms with Gasteiger partial charge < -0.3 is 28.0 Å². The van der Waals surface area contributed by atoms with Crippen LogP contribution in [0.2, 0.25) is 0 Å². The van der Waals surface area contributed by atoms with Crippen LogP contribution in [0.1, 0.15) is 40.0 Å². The summed E-state index contributed by atoms with van der Waals surface area (Å²) in [5, 5.41) is 23.6. The van der Waals surface area contributed by atoms with E-state index in [2.05, 4.69) is 6.92 Å². The third-order valence-corrected chi connectivity index (χ3v) is 0.671. The van der Waals surface area contributed by atoms with Crippen LogP contribution in [0.15, 0.2) is 0 Å². The fraction of sp³-hybridized carbons (Fsp3) is 0.909. The molecule has 0 saturated heterocycles. The molecule has 5 N–H and O–H groups in total. The molecule has 5 heteroatoms. The summed E-state index contributed by atoms with van der Waals surface area (Å²) < 4.78 is 0. The maximum absolute atomic E-state index is 7.88. The molecule has 0 aromatic heterocycles. The van der Waals surface area contributed by atoms with E-state index in [0.717, 1.165) is 19.3 Å². The molecule has 0 aliphatic carbocycles. The second kappa shape index (κ2) is 57.7. The standard InChI is InChI=1S/3C3H8O.C2H6N.Ti/c3*1-2-3-4;1-2-3;/h3*4H,2-3H2,1H3;1-3H2;/q;;;-1;. The summed E-state index contributed by atoms with van der Waals surface area (Å²) in [7, 11) is 0. The van der Waals surface area contributed by atoms with Gasteiger partial charge in [-0.05, 0) is 19.3 Å². The summed E-state index contributed by atoms with van der Waals surface area (Å²) in [6.45, 7) is 10.5. The van der Waals surface area contributed by atoms with Gasteiger partial charge in [0, 0.05) is 41.5 Å². The Labute approximate surface area is 116 Å². The second-order valence-corrected chi connectivity index (χ2v) is 2.46. The van der Waals surface area contributed by atoms with Gasteiger partial charge in [-0.25, -0.2) is 0 Å². The van der Waals surface area contributed by atoms with E-state index in [1.54, 1.807) is 0 Å². The summed E-state index contributed by atoms with van der Waals surface area (Å²) in [6.07, 6.45) is 2.62. The minimum Gasteiger partial charge on any atom is -0.396 e. The van der Waals surface area contributed by atoms with Gasteiger partial charge in [0.15, 0.2) is 0 Å². The summed E-state index contributed by atoms with van der Waals surface area (Å²) in [5.41, 5.74) is 4.74. The van der Waals surface area contributed by atoms with E-state index in [4.69, 9.17) is 21.1 Å². The molecule has 0 aliphatic heterocycles. The maximum Gasteiger partial charge on any atom is 0.0428 e. The van der Waals surface area contributed by atoms with Crippen molar-refractivity contribution in [2.75, 3.05) is 26.4 Å². The monoisotopic (exact) mass is 272 g/mol. The normalized spacial score (nSPS) is 6.75. The number of hydrogen-bond acceptors (Lipinski definition) is 4. The van der Waals surface area contributed by atoms with Crippen LogP contribution >= 0.6 is 0 Å². The molecule has 4 nitrogen and oxygen atoms in total. The van der Waals surface area contributed by atoms with Crippen molar-refractivity contribution < 1.29 is 37.0 Å². The Morgan fingerprint density at radius 2 is 0.875 bits per heavy atom. The first-order valence-corrected chi connectivity index (χ1v) is 5.48. The SMILES string of the molecule is CCCO.CCCO.CCCO.[CH2-]CN.[Ti]. The molecule has 0 aliphatic rings. The van der Waals surface area contributed by atoms with E-state index < -0.39 is 0 Å². The van der Waals surface area contributed by atoms with Crippen molar-refractivity contribution in [3.8, 4) is 0 Å². The van der Waals surface area contributed by atoms with Gasteiger partial charge in [0.2, 0.25) is 0 Å². The van der Waals surface area contributed by atoms with Crippen molar-refractivity contribution >= 4 is 0 Å². The minimum atomic E-state index is 0. The Balaban J connectivity index is -0.0000000331. The van der Waals surface area contributed by atoms with E-state index in [9.17, 15) is 0 Å². The van der Waals surface area contributed by atoms with E-state index >= 15 is 0 Å². The summed E-state index contributed by atoms with van der Waals surface area (Å²) in [5.74, 6) is 0. The van der Waals surface area contributed by atoms with Crippen LogP contribution in [0, 0.1) is 6.92 Å². The van der Waals surface area contributed by atoms with Crippen LogP contribution < -0.4 is 5.73 Å². The molecule has 0 saturated carbocycles. The van der Waals surface area contributed by atoms with Crippen molar-refractivity contribution in [3.05, 3.63) is 6.92 Å². The summed E-state index contributed by atoms with van der Waals surface area (Å²) >= 11 is 0. The fourth-order valence-corrected chi connectivity index (χ4v) is 0. The van der Waals surface area contributed by atoms with Gasteiger partial charge in [0.05, 0.1) is 0 Å². The molecular weight excluding hydrogens is 242 g/mol. The van der Waals surface area contributed by atoms with Gasteiger partial charge in [-0.15, -0.1) is 6.54 Å². The van der Waals surface area contributed by atoms with Crippen LogP contribution in [0.3, 0.4) is 0 Å². The fourth-order valence-electron chi connectivity index (χ4n) is 0. The van der Waals surface area contributed by atoms with Gasteiger partial charge >= 0.3 is 0 Å². The maximum atomic E-state index is 7.88. The molecule has 0 aromatic rings. The Hall–Kier alpha value is 0.554. The first-order chi connectivity index (χ1) is 7.16. The number of rotatable bonds is 3. The predicted octanol–water partition coefficient (Wildman–Crippen LogP) is 0.943. The molecule has 0 heterocycles. The van der Waals surface area contributed by atoms with E-state index in [1.807, 2.05) is 20.8 Å². The first kappa shape index (κ1) is 30.0. The molecule has 0 radical (unpaired) electrons. The topological polar surface area (TPSA) is 86.7 Å². The molecular formula is C11H30NO3Ti-. The molecule has 0 rings (SSSR count). The Bertz CT molecular complexity index is 45.0. The molecule has 0 aromatic carbocycles. The summed E-state index contributed by atoms with van der Waals surface area (Å²) in [4.78, 5) is 0. The van der Waals surface area contributed by atoms with Crippen LogP contribution in [-0.2, 0) is 21.7 Å². The molecule has 0 unspecified atom stereocenters. The molecule has 102 valence electrons. The minimum absolute atomic E-state index is 0. The van der Waals surface area contributed by atoms with Crippen molar-refractivity contribution in [3.63, 3.8) is 0 Å². The smallest absolute Gasteiger partial charge is 0.0428 e. The quantitative estimate of drug-likeness (QED) is 0.455. The molecule has 0 amide bonds. The largest absolute Gasteiger partial charge is 0.396 e. The molecule has 0 fully saturated rings. The molecule has 0 atom stereocenters. The van der Waals surface area contributed by atoms with Gasteiger partial charge in [-0.3, -0.25) is 0 Å². The number of hydrogen-bond donors (Lipinski definition) is 4. The zero-order valence-corrected chi connectivity index (χ0v) is 12.6. The Morgan fingerprint density at radius 1 is 0.812 bits per heavy atom. The zero-order valence-electron chi connectivity index (χ0n) is 11.1. The Kier molecular flexibility index (Phi) is 108. The van der Waals surface area contributed by atoms with Crippen LogP contribution in [0.25, 0.3) is 0 Å². The predicted molar refractivity (Wildman–Crippen MR) is 66.5 cm³/mol. The summed E-state index contributed by atoms with van der Waals surface area (Å²) in [6, 6.07) is 0. The van der Waals surface area contributed by atoms with Gasteiger partial charge in [0.1, 0.15) is 0 Å². The van der Waals surface area contributed by atoms with Crippen molar-refractivity contribution in [1.82, 2.24) is 0 Å². The van der Waals surface area contributed by atoms with Gasteiger partial charge in [-0.2, -0.15) is 0 Å². The molecule has 16 heavy (non-hydrogen) atoms. The second-order valence-electron chi connectivity index (χ2n) is 2.46. The average Bonchev–Trinajstić information content (AvgIpc) is 2.30. The van der Waals surface area contributed by atoms with Crippen molar-refractivity contribution in [2.45, 2.75) is 40.0 Å². The van der Waals surface area contributed by atoms with Gasteiger partial charge in [-0.1, -0.05) is 20.8 Å². The first-order valence-electron chi connectivity index (χ1n) is 5.48. The van der Waals surface area contributed by atoms with E-state index in [1.165, 1.54) is 0 Å². The number of nitrogens with two attached hydrogens (primary N) is 1. The van der Waals surface area contributed by atoms with Crippen molar-refractivity contribution in [2.24, 2.45) is 5.73 Å². The number of aliphatic hydroxyl groups excluding tert-OH is 3. The van der Waals surface area contributed by atoms with Crippen LogP contribution in [0.4, 0.5) is 0 Å². The van der Waals surface area contributed by atoms with Crippen molar-refractivity contribution in [1.29, 1.82) is 0 Å². The van der Waals surface area contributed by atoms with E-state index in [-0.39, 0.29) is 21.7 Å². The third-order valence-electron chi connectivity index (χ3n) is 0.671. The number of aliphatic hydroxyl groups is 3. The molecule has 0 bridgehead atoms. The molecule has 0 spiro atoms. The zero-order chi connectivity index (χ0) is 12.9. The average molecular weight is 272 g/mol. The van der Waals surface area contributed by atoms with Crippen LogP contribution in [0.5, 0.6) is 0 Å². The van der Waals surface area contributed by atoms with Crippen LogP contribution in [-0.4, -0.2) is 41.7 Å².